The van der Waals surface area contributed by atoms with Gasteiger partial charge in [-0.25, -0.2) is 13.1 Å². The number of hydrogen-bond donors (Lipinski definition) is 0. The Balaban J connectivity index is 1.85. The number of halogens is 1. The SMILES string of the molecule is CCCOc1ccc(-c2nn(-c3ccccc3)cc2/C=C(/C#N)S(=O)(=O)c2ccc(C)cc2)cc1Cl. The van der Waals surface area contributed by atoms with Crippen LogP contribution in [0, 0.1) is 18.3 Å². The molecule has 0 amide bonds. The van der Waals surface area contributed by atoms with Crippen molar-refractivity contribution < 1.29 is 13.2 Å². The molecule has 0 spiro atoms. The zero-order chi connectivity index (χ0) is 25.7. The molecule has 0 saturated heterocycles. The lowest BCUT2D eigenvalue weighted by atomic mass is 10.1. The largest absolute Gasteiger partial charge is 0.492 e. The van der Waals surface area contributed by atoms with Gasteiger partial charge in [0.2, 0.25) is 9.84 Å². The first kappa shape index (κ1) is 25.2. The number of nitriles is 1. The molecule has 0 N–H and O–H groups in total. The van der Waals surface area contributed by atoms with Gasteiger partial charge in [-0.3, -0.25) is 0 Å². The number of ether oxygens (including phenoxy) is 1. The topological polar surface area (TPSA) is 85.0 Å². The summed E-state index contributed by atoms with van der Waals surface area (Å²) in [6, 6.07) is 23.0. The van der Waals surface area contributed by atoms with Crippen molar-refractivity contribution in [2.75, 3.05) is 6.61 Å². The molecular formula is C28H24ClN3O3S. The third kappa shape index (κ3) is 5.35. The summed E-state index contributed by atoms with van der Waals surface area (Å²) in [5, 5.41) is 14.9. The van der Waals surface area contributed by atoms with Gasteiger partial charge in [0.1, 0.15) is 22.4 Å². The number of benzene rings is 3. The highest BCUT2D eigenvalue weighted by atomic mass is 35.5. The van der Waals surface area contributed by atoms with Crippen LogP contribution < -0.4 is 4.74 Å². The van der Waals surface area contributed by atoms with E-state index in [2.05, 4.69) is 0 Å². The summed E-state index contributed by atoms with van der Waals surface area (Å²) in [4.78, 5) is -0.326. The van der Waals surface area contributed by atoms with Crippen LogP contribution in [0.25, 0.3) is 23.0 Å². The van der Waals surface area contributed by atoms with Crippen LogP contribution >= 0.6 is 11.6 Å². The smallest absolute Gasteiger partial charge is 0.216 e. The minimum absolute atomic E-state index is 0.0540. The van der Waals surface area contributed by atoms with Crippen molar-refractivity contribution in [3.8, 4) is 28.8 Å². The van der Waals surface area contributed by atoms with Gasteiger partial charge in [-0.1, -0.05) is 54.4 Å². The number of hydrogen-bond acceptors (Lipinski definition) is 5. The van der Waals surface area contributed by atoms with Crippen LogP contribution in [-0.4, -0.2) is 24.8 Å². The molecule has 0 unspecified atom stereocenters. The molecule has 0 aliphatic carbocycles. The average molecular weight is 518 g/mol. The summed E-state index contributed by atoms with van der Waals surface area (Å²) in [7, 11) is -4.03. The fourth-order valence-electron chi connectivity index (χ4n) is 3.56. The zero-order valence-corrected chi connectivity index (χ0v) is 21.4. The molecular weight excluding hydrogens is 494 g/mol. The lowest BCUT2D eigenvalue weighted by Gasteiger charge is -2.08. The molecule has 0 atom stereocenters. The minimum Gasteiger partial charge on any atom is -0.492 e. The minimum atomic E-state index is -4.03. The third-order valence-corrected chi connectivity index (χ3v) is 7.42. The fraction of sp³-hybridized carbons (Fsp3) is 0.143. The normalized spacial score (nSPS) is 11.8. The molecule has 8 heteroatoms. The second kappa shape index (κ2) is 10.8. The summed E-state index contributed by atoms with van der Waals surface area (Å²) in [5.74, 6) is 0.557. The number of aryl methyl sites for hydroxylation is 1. The molecule has 1 heterocycles. The van der Waals surface area contributed by atoms with Crippen molar-refractivity contribution in [3.05, 3.63) is 100 Å². The molecule has 3 aromatic carbocycles. The van der Waals surface area contributed by atoms with E-state index in [0.717, 1.165) is 17.7 Å². The number of nitrogens with zero attached hydrogens (tertiary/aromatic N) is 3. The van der Waals surface area contributed by atoms with Crippen molar-refractivity contribution in [3.63, 3.8) is 0 Å². The van der Waals surface area contributed by atoms with Crippen LogP contribution in [0.2, 0.25) is 5.02 Å². The fourth-order valence-corrected chi connectivity index (χ4v) is 4.95. The summed E-state index contributed by atoms with van der Waals surface area (Å²) in [5.41, 5.74) is 3.31. The van der Waals surface area contributed by atoms with Gasteiger partial charge in [-0.2, -0.15) is 10.4 Å². The Bertz CT molecular complexity index is 1550. The second-order valence-corrected chi connectivity index (χ2v) is 10.5. The van der Waals surface area contributed by atoms with Crippen molar-refractivity contribution in [1.82, 2.24) is 9.78 Å². The molecule has 0 aliphatic heterocycles. The maximum Gasteiger partial charge on any atom is 0.216 e. The van der Waals surface area contributed by atoms with Gasteiger partial charge in [0.05, 0.1) is 22.2 Å². The predicted molar refractivity (Wildman–Crippen MR) is 142 cm³/mol. The molecule has 0 radical (unpaired) electrons. The second-order valence-electron chi connectivity index (χ2n) is 8.14. The molecule has 0 saturated carbocycles. The predicted octanol–water partition coefficient (Wildman–Crippen LogP) is 6.63. The number of aromatic nitrogens is 2. The molecule has 0 fully saturated rings. The summed E-state index contributed by atoms with van der Waals surface area (Å²) < 4.78 is 33.8. The molecule has 0 bridgehead atoms. The Morgan fingerprint density at radius 2 is 1.83 bits per heavy atom. The quantitative estimate of drug-likeness (QED) is 0.245. The molecule has 4 rings (SSSR count). The monoisotopic (exact) mass is 517 g/mol. The number of allylic oxidation sites excluding steroid dienone is 1. The van der Waals surface area contributed by atoms with E-state index in [-0.39, 0.29) is 9.80 Å². The lowest BCUT2D eigenvalue weighted by Crippen LogP contribution is -2.03. The first-order valence-corrected chi connectivity index (χ1v) is 13.2. The molecule has 6 nitrogen and oxygen atoms in total. The number of rotatable bonds is 8. The van der Waals surface area contributed by atoms with Crippen LogP contribution in [0.5, 0.6) is 5.75 Å². The summed E-state index contributed by atoms with van der Waals surface area (Å²) >= 11 is 6.47. The molecule has 4 aromatic rings. The van der Waals surface area contributed by atoms with Gasteiger partial charge in [-0.15, -0.1) is 0 Å². The van der Waals surface area contributed by atoms with Gasteiger partial charge >= 0.3 is 0 Å². The van der Waals surface area contributed by atoms with Gasteiger partial charge in [0, 0.05) is 17.3 Å². The Hall–Kier alpha value is -3.86. The van der Waals surface area contributed by atoms with E-state index in [1.807, 2.05) is 56.3 Å². The number of sulfone groups is 1. The van der Waals surface area contributed by atoms with Crippen LogP contribution in [0.3, 0.4) is 0 Å². The zero-order valence-electron chi connectivity index (χ0n) is 19.8. The van der Waals surface area contributed by atoms with Crippen LogP contribution in [-0.2, 0) is 9.84 Å². The van der Waals surface area contributed by atoms with E-state index in [1.165, 1.54) is 18.2 Å². The van der Waals surface area contributed by atoms with Gasteiger partial charge in [-0.05, 0) is 61.9 Å². The van der Waals surface area contributed by atoms with E-state index in [0.29, 0.717) is 34.2 Å². The van der Waals surface area contributed by atoms with Gasteiger partial charge in [0.25, 0.3) is 0 Å². The molecule has 182 valence electrons. The van der Waals surface area contributed by atoms with Crippen LogP contribution in [0.4, 0.5) is 0 Å². The number of para-hydroxylation sites is 1. The van der Waals surface area contributed by atoms with Crippen molar-refractivity contribution in [1.29, 1.82) is 5.26 Å². The summed E-state index contributed by atoms with van der Waals surface area (Å²) in [6.07, 6.45) is 3.90. The highest BCUT2D eigenvalue weighted by Gasteiger charge is 2.22. The Kier molecular flexibility index (Phi) is 7.58. The van der Waals surface area contributed by atoms with Crippen molar-refractivity contribution >= 4 is 27.5 Å². The highest BCUT2D eigenvalue weighted by Crippen LogP contribution is 2.33. The maximum atomic E-state index is 13.2. The average Bonchev–Trinajstić information content (AvgIpc) is 3.31. The van der Waals surface area contributed by atoms with Gasteiger partial charge < -0.3 is 4.74 Å². The van der Waals surface area contributed by atoms with E-state index in [4.69, 9.17) is 21.4 Å². The first-order chi connectivity index (χ1) is 17.3. The van der Waals surface area contributed by atoms with E-state index >= 15 is 0 Å². The van der Waals surface area contributed by atoms with Crippen molar-refractivity contribution in [2.24, 2.45) is 0 Å². The Morgan fingerprint density at radius 1 is 1.11 bits per heavy atom. The van der Waals surface area contributed by atoms with Crippen LogP contribution in [0.15, 0.2) is 88.8 Å². The first-order valence-electron chi connectivity index (χ1n) is 11.3. The van der Waals surface area contributed by atoms with Crippen LogP contribution in [0.1, 0.15) is 24.5 Å². The maximum absolute atomic E-state index is 13.2. The molecule has 1 aromatic heterocycles. The van der Waals surface area contributed by atoms with E-state index < -0.39 is 9.84 Å². The van der Waals surface area contributed by atoms with E-state index in [1.54, 1.807) is 35.1 Å². The lowest BCUT2D eigenvalue weighted by molar-refractivity contribution is 0.317. The highest BCUT2D eigenvalue weighted by molar-refractivity contribution is 7.95. The van der Waals surface area contributed by atoms with Crippen molar-refractivity contribution in [2.45, 2.75) is 25.2 Å². The van der Waals surface area contributed by atoms with Gasteiger partial charge in [0.15, 0.2) is 0 Å². The molecule has 0 aliphatic rings. The Morgan fingerprint density at radius 3 is 2.47 bits per heavy atom. The van der Waals surface area contributed by atoms with E-state index in [9.17, 15) is 13.7 Å². The summed E-state index contributed by atoms with van der Waals surface area (Å²) in [6.45, 7) is 4.41. The standard InChI is InChI=1S/C28H24ClN3O3S/c1-3-15-35-27-14-11-21(17-26(27)29)28-22(19-32(31-28)23-7-5-4-6-8-23)16-25(18-30)36(33,34)24-12-9-20(2)10-13-24/h4-14,16-17,19H,3,15H2,1-2H3/b25-16-. The third-order valence-electron chi connectivity index (χ3n) is 5.45. The Labute approximate surface area is 216 Å². The molecule has 36 heavy (non-hydrogen) atoms.